The van der Waals surface area contributed by atoms with Crippen LogP contribution >= 0.6 is 0 Å². The summed E-state index contributed by atoms with van der Waals surface area (Å²) < 4.78 is 5.56. The average Bonchev–Trinajstić information content (AvgIpc) is 3.55. The maximum atomic E-state index is 12.6. The Bertz CT molecular complexity index is 1000. The van der Waals surface area contributed by atoms with Crippen LogP contribution in [0.3, 0.4) is 0 Å². The van der Waals surface area contributed by atoms with Gasteiger partial charge in [-0.2, -0.15) is 0 Å². The number of carbonyl (C=O) groups excluding carboxylic acids is 2. The number of nitrogens with one attached hydrogen (secondary N) is 1. The Kier molecular flexibility index (Phi) is 5.91. The lowest BCUT2D eigenvalue weighted by atomic mass is 9.98. The van der Waals surface area contributed by atoms with Crippen molar-refractivity contribution in [1.29, 1.82) is 0 Å². The molecule has 0 aromatic heterocycles. The summed E-state index contributed by atoms with van der Waals surface area (Å²) in [4.78, 5) is 37.9. The molecule has 168 valence electrons. The fourth-order valence-corrected chi connectivity index (χ4v) is 4.50. The number of hydrogen-bond donors (Lipinski definition) is 2. The van der Waals surface area contributed by atoms with Crippen LogP contribution < -0.4 is 5.32 Å². The Labute approximate surface area is 187 Å². The van der Waals surface area contributed by atoms with Crippen molar-refractivity contribution in [3.05, 3.63) is 59.7 Å². The number of fused-ring (bicyclic) bond motifs is 3. The van der Waals surface area contributed by atoms with Crippen molar-refractivity contribution in [2.45, 2.75) is 50.1 Å². The summed E-state index contributed by atoms with van der Waals surface area (Å²) in [5.74, 6) is -1.31. The van der Waals surface area contributed by atoms with E-state index in [1.807, 2.05) is 31.2 Å². The van der Waals surface area contributed by atoms with E-state index in [0.29, 0.717) is 19.3 Å². The van der Waals surface area contributed by atoms with Crippen LogP contribution in [-0.2, 0) is 14.3 Å². The van der Waals surface area contributed by atoms with Gasteiger partial charge in [-0.25, -0.2) is 9.59 Å². The number of amides is 2. The summed E-state index contributed by atoms with van der Waals surface area (Å²) in [6.07, 6.45) is 0.909. The van der Waals surface area contributed by atoms with Crippen molar-refractivity contribution in [3.8, 4) is 11.1 Å². The second kappa shape index (κ2) is 8.65. The molecule has 1 fully saturated rings. The third-order valence-corrected chi connectivity index (χ3v) is 6.72. The number of likely N-dealkylation sites (N-methyl/N-ethyl adjacent to an activating group) is 1. The lowest BCUT2D eigenvalue weighted by molar-refractivity contribution is -0.151. The van der Waals surface area contributed by atoms with E-state index >= 15 is 0 Å². The molecule has 2 aliphatic rings. The van der Waals surface area contributed by atoms with E-state index < -0.39 is 23.6 Å². The maximum Gasteiger partial charge on any atom is 0.407 e. The Hall–Kier alpha value is -3.35. The average molecular weight is 437 g/mol. The van der Waals surface area contributed by atoms with Crippen molar-refractivity contribution in [2.75, 3.05) is 13.7 Å². The molecule has 2 aliphatic carbocycles. The van der Waals surface area contributed by atoms with Gasteiger partial charge in [0.15, 0.2) is 0 Å². The number of carboxylic acid groups (broad SMARTS) is 1. The molecule has 4 rings (SSSR count). The summed E-state index contributed by atoms with van der Waals surface area (Å²) in [6, 6.07) is 15.8. The monoisotopic (exact) mass is 436 g/mol. The number of nitrogens with zero attached hydrogens (tertiary/aromatic N) is 1. The van der Waals surface area contributed by atoms with Gasteiger partial charge in [0.05, 0.1) is 0 Å². The zero-order valence-electron chi connectivity index (χ0n) is 18.3. The molecular weight excluding hydrogens is 408 g/mol. The van der Waals surface area contributed by atoms with Crippen LogP contribution in [0.1, 0.15) is 49.7 Å². The zero-order chi connectivity index (χ0) is 22.9. The van der Waals surface area contributed by atoms with E-state index in [-0.39, 0.29) is 24.9 Å². The Morgan fingerprint density at radius 3 is 2.16 bits per heavy atom. The molecule has 2 aromatic rings. The second-order valence-electron chi connectivity index (χ2n) is 8.57. The summed E-state index contributed by atoms with van der Waals surface area (Å²) in [5, 5.41) is 12.2. The fraction of sp³-hybridized carbons (Fsp3) is 0.400. The number of alkyl carbamates (subject to hydrolysis) is 1. The smallest absolute Gasteiger partial charge is 0.407 e. The molecule has 0 bridgehead atoms. The minimum atomic E-state index is -1.08. The third-order valence-electron chi connectivity index (χ3n) is 6.72. The topological polar surface area (TPSA) is 95.9 Å². The Morgan fingerprint density at radius 2 is 1.66 bits per heavy atom. The first-order valence-electron chi connectivity index (χ1n) is 11.0. The highest BCUT2D eigenvalue weighted by molar-refractivity contribution is 5.89. The molecule has 32 heavy (non-hydrogen) atoms. The van der Waals surface area contributed by atoms with Crippen LogP contribution in [0.15, 0.2) is 48.5 Å². The van der Waals surface area contributed by atoms with E-state index in [2.05, 4.69) is 29.6 Å². The van der Waals surface area contributed by atoms with E-state index in [9.17, 15) is 19.5 Å². The molecule has 1 unspecified atom stereocenters. The molecule has 7 nitrogen and oxygen atoms in total. The number of carbonyl (C=O) groups is 3. The predicted molar refractivity (Wildman–Crippen MR) is 119 cm³/mol. The summed E-state index contributed by atoms with van der Waals surface area (Å²) in [6.45, 7) is 2.07. The second-order valence-corrected chi connectivity index (χ2v) is 8.57. The first-order chi connectivity index (χ1) is 15.4. The fourth-order valence-electron chi connectivity index (χ4n) is 4.50. The van der Waals surface area contributed by atoms with Crippen LogP contribution in [0.2, 0.25) is 0 Å². The largest absolute Gasteiger partial charge is 0.479 e. The van der Waals surface area contributed by atoms with Gasteiger partial charge < -0.3 is 20.1 Å². The SMILES string of the molecule is CCC(CC(=O)N(C)C1(C(=O)O)CC1)NC(=O)OCC1c2ccccc2-c2ccccc21. The highest BCUT2D eigenvalue weighted by Gasteiger charge is 2.55. The number of hydrogen-bond acceptors (Lipinski definition) is 4. The molecule has 0 saturated heterocycles. The molecule has 7 heteroatoms. The summed E-state index contributed by atoms with van der Waals surface area (Å²) in [5.41, 5.74) is 3.50. The molecule has 1 atom stereocenters. The Balaban J connectivity index is 1.35. The molecular formula is C25H28N2O5. The minimum Gasteiger partial charge on any atom is -0.479 e. The normalized spacial score (nSPS) is 16.4. The van der Waals surface area contributed by atoms with E-state index in [0.717, 1.165) is 22.3 Å². The number of carboxylic acids is 1. The molecule has 1 saturated carbocycles. The van der Waals surface area contributed by atoms with Gasteiger partial charge in [-0.05, 0) is 41.5 Å². The standard InChI is InChI=1S/C25H28N2O5/c1-3-16(14-22(28)27(2)25(12-13-25)23(29)30)26-24(31)32-15-21-19-10-6-4-8-17(19)18-9-5-7-11-20(18)21/h4-11,16,21H,3,12-15H2,1-2H3,(H,26,31)(H,29,30). The number of rotatable bonds is 8. The third kappa shape index (κ3) is 3.95. The molecule has 0 heterocycles. The van der Waals surface area contributed by atoms with Gasteiger partial charge >= 0.3 is 12.1 Å². The minimum absolute atomic E-state index is 0.0340. The van der Waals surface area contributed by atoms with Gasteiger partial charge in [0, 0.05) is 25.4 Å². The van der Waals surface area contributed by atoms with Crippen LogP contribution in [0.25, 0.3) is 11.1 Å². The lowest BCUT2D eigenvalue weighted by Gasteiger charge is -2.26. The maximum absolute atomic E-state index is 12.6. The van der Waals surface area contributed by atoms with Crippen LogP contribution in [-0.4, -0.2) is 53.2 Å². The Morgan fingerprint density at radius 1 is 1.09 bits per heavy atom. The van der Waals surface area contributed by atoms with E-state index in [4.69, 9.17) is 4.74 Å². The molecule has 2 amide bonds. The van der Waals surface area contributed by atoms with Crippen molar-refractivity contribution >= 4 is 18.0 Å². The van der Waals surface area contributed by atoms with Gasteiger partial charge in [-0.3, -0.25) is 4.79 Å². The summed E-state index contributed by atoms with van der Waals surface area (Å²) in [7, 11) is 1.52. The number of benzene rings is 2. The molecule has 0 radical (unpaired) electrons. The van der Waals surface area contributed by atoms with Crippen LogP contribution in [0.4, 0.5) is 4.79 Å². The highest BCUT2D eigenvalue weighted by Crippen LogP contribution is 2.44. The molecule has 2 N–H and O–H groups in total. The van der Waals surface area contributed by atoms with Crippen molar-refractivity contribution in [1.82, 2.24) is 10.2 Å². The van der Waals surface area contributed by atoms with Gasteiger partial charge in [0.2, 0.25) is 5.91 Å². The first-order valence-corrected chi connectivity index (χ1v) is 11.0. The lowest BCUT2D eigenvalue weighted by Crippen LogP contribution is -2.47. The van der Waals surface area contributed by atoms with Crippen LogP contribution in [0, 0.1) is 0 Å². The summed E-state index contributed by atoms with van der Waals surface area (Å²) >= 11 is 0. The van der Waals surface area contributed by atoms with Crippen molar-refractivity contribution < 1.29 is 24.2 Å². The van der Waals surface area contributed by atoms with Crippen molar-refractivity contribution in [3.63, 3.8) is 0 Å². The van der Waals surface area contributed by atoms with Gasteiger partial charge in [-0.1, -0.05) is 55.5 Å². The van der Waals surface area contributed by atoms with Gasteiger partial charge in [0.25, 0.3) is 0 Å². The predicted octanol–water partition coefficient (Wildman–Crippen LogP) is 3.77. The van der Waals surface area contributed by atoms with E-state index in [1.165, 1.54) is 11.9 Å². The zero-order valence-corrected chi connectivity index (χ0v) is 18.3. The van der Waals surface area contributed by atoms with E-state index in [1.54, 1.807) is 0 Å². The number of ether oxygens (including phenoxy) is 1. The van der Waals surface area contributed by atoms with Gasteiger partial charge in [0.1, 0.15) is 12.1 Å². The van der Waals surface area contributed by atoms with Crippen LogP contribution in [0.5, 0.6) is 0 Å². The molecule has 0 aliphatic heterocycles. The van der Waals surface area contributed by atoms with Gasteiger partial charge in [-0.15, -0.1) is 0 Å². The van der Waals surface area contributed by atoms with Crippen molar-refractivity contribution in [2.24, 2.45) is 0 Å². The first kappa shape index (κ1) is 21.9. The molecule has 2 aromatic carbocycles. The molecule has 0 spiro atoms. The highest BCUT2D eigenvalue weighted by atomic mass is 16.5. The number of aliphatic carboxylic acids is 1. The quantitative estimate of drug-likeness (QED) is 0.657.